The summed E-state index contributed by atoms with van der Waals surface area (Å²) in [5.41, 5.74) is 1.03. The van der Waals surface area contributed by atoms with E-state index in [-0.39, 0.29) is 17.9 Å². The van der Waals surface area contributed by atoms with E-state index in [1.165, 1.54) is 0 Å². The first-order valence-corrected chi connectivity index (χ1v) is 6.74. The number of piperazine rings is 1. The van der Waals surface area contributed by atoms with Crippen molar-refractivity contribution < 1.29 is 4.79 Å². The standard InChI is InChI=1S/C14H19ClN2O/c1-10(2)14(18)17-8-7-16-9-13(17)11-5-3-4-6-12(11)15/h3-6,10,13,16H,7-9H2,1-2H3. The molecule has 0 aliphatic carbocycles. The molecule has 0 saturated carbocycles. The summed E-state index contributed by atoms with van der Waals surface area (Å²) in [4.78, 5) is 14.2. The number of hydrogen-bond acceptors (Lipinski definition) is 2. The molecule has 3 nitrogen and oxygen atoms in total. The van der Waals surface area contributed by atoms with Crippen molar-refractivity contribution in [3.8, 4) is 0 Å². The van der Waals surface area contributed by atoms with E-state index in [0.29, 0.717) is 0 Å². The molecule has 1 N–H and O–H groups in total. The molecule has 1 aromatic carbocycles. The van der Waals surface area contributed by atoms with Gasteiger partial charge in [-0.05, 0) is 11.6 Å². The summed E-state index contributed by atoms with van der Waals surface area (Å²) in [5.74, 6) is 0.217. The number of halogens is 1. The van der Waals surface area contributed by atoms with Gasteiger partial charge in [-0.15, -0.1) is 0 Å². The molecule has 0 spiro atoms. The number of nitrogens with zero attached hydrogens (tertiary/aromatic N) is 1. The largest absolute Gasteiger partial charge is 0.333 e. The Hall–Kier alpha value is -1.06. The third kappa shape index (κ3) is 2.68. The van der Waals surface area contributed by atoms with Gasteiger partial charge in [0.25, 0.3) is 0 Å². The fourth-order valence-electron chi connectivity index (χ4n) is 2.32. The van der Waals surface area contributed by atoms with Crippen molar-refractivity contribution in [2.24, 2.45) is 5.92 Å². The molecule has 1 atom stereocenters. The molecule has 1 fully saturated rings. The lowest BCUT2D eigenvalue weighted by Crippen LogP contribution is -2.50. The predicted octanol–water partition coefficient (Wildman–Crippen LogP) is 2.47. The number of carbonyl (C=O) groups is 1. The van der Waals surface area contributed by atoms with Crippen molar-refractivity contribution in [2.45, 2.75) is 19.9 Å². The van der Waals surface area contributed by atoms with Gasteiger partial charge < -0.3 is 10.2 Å². The first-order chi connectivity index (χ1) is 8.61. The van der Waals surface area contributed by atoms with Crippen molar-refractivity contribution in [2.75, 3.05) is 19.6 Å². The van der Waals surface area contributed by atoms with E-state index in [2.05, 4.69) is 5.32 Å². The van der Waals surface area contributed by atoms with Gasteiger partial charge in [0.1, 0.15) is 0 Å². The maximum atomic E-state index is 12.2. The molecule has 4 heteroatoms. The lowest BCUT2D eigenvalue weighted by Gasteiger charge is -2.38. The summed E-state index contributed by atoms with van der Waals surface area (Å²) in [5, 5.41) is 4.06. The van der Waals surface area contributed by atoms with Gasteiger partial charge in [-0.25, -0.2) is 0 Å². The highest BCUT2D eigenvalue weighted by Gasteiger charge is 2.30. The Kier molecular flexibility index (Phi) is 4.25. The number of amides is 1. The van der Waals surface area contributed by atoms with Crippen molar-refractivity contribution in [3.05, 3.63) is 34.9 Å². The second kappa shape index (κ2) is 5.72. The Morgan fingerprint density at radius 1 is 1.44 bits per heavy atom. The maximum Gasteiger partial charge on any atom is 0.225 e. The van der Waals surface area contributed by atoms with Crippen LogP contribution in [0.15, 0.2) is 24.3 Å². The topological polar surface area (TPSA) is 32.3 Å². The average molecular weight is 267 g/mol. The van der Waals surface area contributed by atoms with Crippen LogP contribution in [-0.4, -0.2) is 30.4 Å². The highest BCUT2D eigenvalue weighted by Crippen LogP contribution is 2.29. The monoisotopic (exact) mass is 266 g/mol. The summed E-state index contributed by atoms with van der Waals surface area (Å²) >= 11 is 6.24. The van der Waals surface area contributed by atoms with Crippen LogP contribution in [-0.2, 0) is 4.79 Å². The predicted molar refractivity (Wildman–Crippen MR) is 73.6 cm³/mol. The number of rotatable bonds is 2. The SMILES string of the molecule is CC(C)C(=O)N1CCNCC1c1ccccc1Cl. The quantitative estimate of drug-likeness (QED) is 0.892. The van der Waals surface area contributed by atoms with Crippen molar-refractivity contribution in [1.82, 2.24) is 10.2 Å². The van der Waals surface area contributed by atoms with Gasteiger partial charge in [-0.3, -0.25) is 4.79 Å². The van der Waals surface area contributed by atoms with Crippen molar-refractivity contribution in [1.29, 1.82) is 0 Å². The maximum absolute atomic E-state index is 12.2. The highest BCUT2D eigenvalue weighted by molar-refractivity contribution is 6.31. The average Bonchev–Trinajstić information content (AvgIpc) is 2.38. The number of hydrogen-bond donors (Lipinski definition) is 1. The Bertz CT molecular complexity index is 434. The molecule has 0 radical (unpaired) electrons. The number of benzene rings is 1. The Morgan fingerprint density at radius 2 is 2.17 bits per heavy atom. The summed E-state index contributed by atoms with van der Waals surface area (Å²) < 4.78 is 0. The van der Waals surface area contributed by atoms with Crippen LogP contribution < -0.4 is 5.32 Å². The summed E-state index contributed by atoms with van der Waals surface area (Å²) in [6.45, 7) is 6.23. The van der Waals surface area contributed by atoms with Crippen LogP contribution in [0.5, 0.6) is 0 Å². The molecule has 18 heavy (non-hydrogen) atoms. The molecule has 2 rings (SSSR count). The van der Waals surface area contributed by atoms with Crippen LogP contribution in [0.3, 0.4) is 0 Å². The van der Waals surface area contributed by atoms with E-state index in [1.54, 1.807) is 0 Å². The van der Waals surface area contributed by atoms with Crippen LogP contribution in [0.2, 0.25) is 5.02 Å². The van der Waals surface area contributed by atoms with Crippen LogP contribution in [0.4, 0.5) is 0 Å². The van der Waals surface area contributed by atoms with E-state index >= 15 is 0 Å². The van der Waals surface area contributed by atoms with Crippen molar-refractivity contribution >= 4 is 17.5 Å². The van der Waals surface area contributed by atoms with Crippen LogP contribution in [0.1, 0.15) is 25.5 Å². The normalized spacial score (nSPS) is 20.2. The molecule has 98 valence electrons. The van der Waals surface area contributed by atoms with Gasteiger partial charge in [0, 0.05) is 30.6 Å². The molecular formula is C14H19ClN2O. The molecule has 1 aliphatic heterocycles. The second-order valence-electron chi connectivity index (χ2n) is 4.93. The minimum absolute atomic E-state index is 0.0214. The summed E-state index contributed by atoms with van der Waals surface area (Å²) in [6, 6.07) is 7.80. The first kappa shape index (κ1) is 13.4. The Labute approximate surface area is 113 Å². The minimum Gasteiger partial charge on any atom is -0.333 e. The zero-order chi connectivity index (χ0) is 13.1. The van der Waals surface area contributed by atoms with E-state index in [4.69, 9.17) is 11.6 Å². The molecular weight excluding hydrogens is 248 g/mol. The zero-order valence-corrected chi connectivity index (χ0v) is 11.6. The van der Waals surface area contributed by atoms with Gasteiger partial charge in [-0.1, -0.05) is 43.6 Å². The third-order valence-corrected chi connectivity index (χ3v) is 3.63. The molecule has 1 saturated heterocycles. The lowest BCUT2D eigenvalue weighted by molar-refractivity contribution is -0.137. The van der Waals surface area contributed by atoms with Gasteiger partial charge in [0.05, 0.1) is 6.04 Å². The third-order valence-electron chi connectivity index (χ3n) is 3.28. The molecule has 0 aromatic heterocycles. The Morgan fingerprint density at radius 3 is 2.83 bits per heavy atom. The van der Waals surface area contributed by atoms with E-state index in [9.17, 15) is 4.79 Å². The zero-order valence-electron chi connectivity index (χ0n) is 10.8. The number of nitrogens with one attached hydrogen (secondary N) is 1. The molecule has 1 aliphatic rings. The van der Waals surface area contributed by atoms with Gasteiger partial charge in [0.15, 0.2) is 0 Å². The second-order valence-corrected chi connectivity index (χ2v) is 5.33. The molecule has 1 unspecified atom stereocenters. The molecule has 1 heterocycles. The smallest absolute Gasteiger partial charge is 0.225 e. The first-order valence-electron chi connectivity index (χ1n) is 6.37. The van der Waals surface area contributed by atoms with Crippen molar-refractivity contribution in [3.63, 3.8) is 0 Å². The molecule has 1 aromatic rings. The molecule has 0 bridgehead atoms. The Balaban J connectivity index is 2.29. The molecule has 1 amide bonds. The minimum atomic E-state index is 0.0214. The highest BCUT2D eigenvalue weighted by atomic mass is 35.5. The summed E-state index contributed by atoms with van der Waals surface area (Å²) in [7, 11) is 0. The lowest BCUT2D eigenvalue weighted by atomic mass is 10.0. The van der Waals surface area contributed by atoms with Crippen LogP contribution >= 0.6 is 11.6 Å². The number of carbonyl (C=O) groups excluding carboxylic acids is 1. The summed E-state index contributed by atoms with van der Waals surface area (Å²) in [6.07, 6.45) is 0. The van der Waals surface area contributed by atoms with Gasteiger partial charge in [-0.2, -0.15) is 0 Å². The van der Waals surface area contributed by atoms with Gasteiger partial charge in [0.2, 0.25) is 5.91 Å². The van der Waals surface area contributed by atoms with E-state index in [1.807, 2.05) is 43.0 Å². The van der Waals surface area contributed by atoms with E-state index in [0.717, 1.165) is 30.2 Å². The van der Waals surface area contributed by atoms with E-state index < -0.39 is 0 Å². The van der Waals surface area contributed by atoms with Crippen LogP contribution in [0.25, 0.3) is 0 Å². The van der Waals surface area contributed by atoms with Gasteiger partial charge >= 0.3 is 0 Å². The van der Waals surface area contributed by atoms with Crippen LogP contribution in [0, 0.1) is 5.92 Å². The fourth-order valence-corrected chi connectivity index (χ4v) is 2.58. The fraction of sp³-hybridized carbons (Fsp3) is 0.500.